The molecule has 11 aromatic rings. The Balaban J connectivity index is 1.08. The Kier molecular flexibility index (Phi) is 7.92. The van der Waals surface area contributed by atoms with Gasteiger partial charge in [-0.3, -0.25) is 0 Å². The second-order valence-corrected chi connectivity index (χ2v) is 19.6. The fourth-order valence-electron chi connectivity index (χ4n) is 8.96. The van der Waals surface area contributed by atoms with E-state index in [-0.39, 0.29) is 21.8 Å². The Labute approximate surface area is 338 Å². The van der Waals surface area contributed by atoms with Crippen molar-refractivity contribution in [3.63, 3.8) is 0 Å². The van der Waals surface area contributed by atoms with E-state index in [4.69, 9.17) is 0 Å². The van der Waals surface area contributed by atoms with Crippen molar-refractivity contribution in [3.05, 3.63) is 176 Å². The maximum absolute atomic E-state index is 2.45. The summed E-state index contributed by atoms with van der Waals surface area (Å²) in [5.41, 5.74) is 13.3. The van der Waals surface area contributed by atoms with E-state index in [0.717, 1.165) is 11.4 Å². The van der Waals surface area contributed by atoms with Gasteiger partial charge in [0.25, 0.3) is 0 Å². The van der Waals surface area contributed by atoms with Crippen LogP contribution in [0.25, 0.3) is 93.6 Å². The van der Waals surface area contributed by atoms with Crippen molar-refractivity contribution in [1.29, 1.82) is 0 Å². The molecule has 5 heteroatoms. The van der Waals surface area contributed by atoms with Crippen LogP contribution in [0.5, 0.6) is 0 Å². The van der Waals surface area contributed by atoms with E-state index in [9.17, 15) is 0 Å². The summed E-state index contributed by atoms with van der Waals surface area (Å²) in [6, 6.07) is 65.5. The number of hydrogen-bond acceptors (Lipinski definition) is 0. The van der Waals surface area contributed by atoms with Crippen LogP contribution in [0.1, 0.15) is 0 Å². The first-order chi connectivity index (χ1) is 27.9. The predicted molar refractivity (Wildman–Crippen MR) is 250 cm³/mol. The molecular weight excluding hydrogens is 731 g/mol. The number of hydrogen-bond donors (Lipinski definition) is 0. The number of rotatable bonds is 6. The smallest absolute Gasteiger partial charge is 0.155 e. The highest BCUT2D eigenvalue weighted by Crippen LogP contribution is 2.40. The lowest BCUT2D eigenvalue weighted by Crippen LogP contribution is -1.98. The van der Waals surface area contributed by atoms with Crippen molar-refractivity contribution in [3.8, 4) is 28.2 Å². The highest BCUT2D eigenvalue weighted by atomic mass is 32.2. The Morgan fingerprint density at radius 3 is 1.04 bits per heavy atom. The topological polar surface area (TPSA) is 14.8 Å². The quantitative estimate of drug-likeness (QED) is 0.150. The summed E-state index contributed by atoms with van der Waals surface area (Å²) in [5, 5.41) is 7.71. The van der Waals surface area contributed by atoms with Gasteiger partial charge in [0.05, 0.1) is 33.1 Å². The van der Waals surface area contributed by atoms with Gasteiger partial charge in [0.2, 0.25) is 0 Å². The molecule has 0 radical (unpaired) electrons. The van der Waals surface area contributed by atoms with Crippen LogP contribution in [-0.4, -0.2) is 38.7 Å². The van der Waals surface area contributed by atoms with Gasteiger partial charge >= 0.3 is 0 Å². The van der Waals surface area contributed by atoms with E-state index in [1.54, 1.807) is 0 Å². The zero-order chi connectivity index (χ0) is 38.4. The van der Waals surface area contributed by atoms with Gasteiger partial charge in [0.15, 0.2) is 9.79 Å². The van der Waals surface area contributed by atoms with E-state index in [1.165, 1.54) is 92.0 Å². The normalized spacial score (nSPS) is 12.2. The maximum Gasteiger partial charge on any atom is 0.155 e. The molecule has 0 N–H and O–H groups in total. The van der Waals surface area contributed by atoms with Gasteiger partial charge in [0, 0.05) is 83.3 Å². The first-order valence-corrected chi connectivity index (χ1v) is 23.5. The fraction of sp³-hybridized carbons (Fsp3) is 0.0769. The summed E-state index contributed by atoms with van der Waals surface area (Å²) in [6.07, 6.45) is 9.23. The highest BCUT2D eigenvalue weighted by molar-refractivity contribution is 7.95. The molecule has 0 aliphatic rings. The van der Waals surface area contributed by atoms with Gasteiger partial charge in [0.1, 0.15) is 25.0 Å². The molecule has 0 amide bonds. The molecule has 0 fully saturated rings. The molecule has 8 aromatic carbocycles. The molecule has 11 rings (SSSR count). The maximum atomic E-state index is 2.45. The SMILES string of the molecule is C[S+](C)c1ccc2c(c1)c1cc(-c3ccc4c(c3)c3cc([S+](C)C)ccc3n4-c3ccc(-n4c5ccccc5c5ccccc54)cc3)ccc1n2-c1ccccc1. The predicted octanol–water partition coefficient (Wildman–Crippen LogP) is 13.1. The van der Waals surface area contributed by atoms with Crippen LogP contribution in [0.15, 0.2) is 186 Å². The number of benzene rings is 8. The van der Waals surface area contributed by atoms with E-state index < -0.39 is 0 Å². The summed E-state index contributed by atoms with van der Waals surface area (Å²) in [7, 11) is 0.304. The molecule has 0 aliphatic carbocycles. The highest BCUT2D eigenvalue weighted by Gasteiger charge is 2.20. The minimum absolute atomic E-state index is 0.140. The summed E-state index contributed by atoms with van der Waals surface area (Å²) in [6.45, 7) is 0. The van der Waals surface area contributed by atoms with Gasteiger partial charge in [-0.15, -0.1) is 0 Å². The Bertz CT molecular complexity index is 3290. The number of nitrogens with zero attached hydrogens (tertiary/aromatic N) is 3. The molecule has 0 spiro atoms. The summed E-state index contributed by atoms with van der Waals surface area (Å²) in [4.78, 5) is 2.77. The second kappa shape index (κ2) is 13.2. The first kappa shape index (κ1) is 34.1. The third-order valence-corrected chi connectivity index (χ3v) is 14.1. The van der Waals surface area contributed by atoms with Crippen LogP contribution in [0.2, 0.25) is 0 Å². The van der Waals surface area contributed by atoms with Crippen molar-refractivity contribution >= 4 is 87.2 Å². The van der Waals surface area contributed by atoms with E-state index >= 15 is 0 Å². The molecule has 0 atom stereocenters. The van der Waals surface area contributed by atoms with E-state index in [1.807, 2.05) is 0 Å². The molecule has 3 nitrogen and oxygen atoms in total. The zero-order valence-electron chi connectivity index (χ0n) is 32.4. The molecule has 0 bridgehead atoms. The van der Waals surface area contributed by atoms with Crippen molar-refractivity contribution in [2.24, 2.45) is 0 Å². The lowest BCUT2D eigenvalue weighted by atomic mass is 10.0. The Morgan fingerprint density at radius 1 is 0.281 bits per heavy atom. The van der Waals surface area contributed by atoms with Crippen LogP contribution >= 0.6 is 0 Å². The van der Waals surface area contributed by atoms with Crippen LogP contribution in [-0.2, 0) is 21.8 Å². The number of aromatic nitrogens is 3. The molecule has 274 valence electrons. The lowest BCUT2D eigenvalue weighted by molar-refractivity contribution is 1.14. The van der Waals surface area contributed by atoms with E-state index in [0.29, 0.717) is 0 Å². The molecule has 0 saturated carbocycles. The average Bonchev–Trinajstić information content (AvgIpc) is 3.88. The summed E-state index contributed by atoms with van der Waals surface area (Å²) >= 11 is 0. The Hall–Kier alpha value is -6.14. The van der Waals surface area contributed by atoms with Gasteiger partial charge in [-0.05, 0) is 108 Å². The molecule has 57 heavy (non-hydrogen) atoms. The van der Waals surface area contributed by atoms with Crippen molar-refractivity contribution < 1.29 is 0 Å². The standard InChI is InChI=1S/C52H41N3S2/c1-56(2)39-24-28-51-45(32-39)43-30-34(18-26-49(43)53(51)36-12-6-5-7-13-36)35-19-27-50-44(31-35)46-33-40(57(3)4)25-29-52(46)55(50)38-22-20-37(21-23-38)54-47-16-10-8-14-41(47)42-15-9-11-17-48(42)54/h5-33H,1-4H3/q+2. The molecule has 3 aromatic heterocycles. The number of fused-ring (bicyclic) bond motifs is 9. The molecule has 0 unspecified atom stereocenters. The van der Waals surface area contributed by atoms with Crippen LogP contribution < -0.4 is 0 Å². The largest absolute Gasteiger partial charge is 0.309 e. The molecule has 3 heterocycles. The fourth-order valence-corrected chi connectivity index (χ4v) is 10.3. The average molecular weight is 772 g/mol. The molecule has 0 saturated heterocycles. The summed E-state index contributed by atoms with van der Waals surface area (Å²) in [5.74, 6) is 0. The third-order valence-electron chi connectivity index (χ3n) is 11.7. The van der Waals surface area contributed by atoms with Crippen LogP contribution in [0.4, 0.5) is 0 Å². The Morgan fingerprint density at radius 2 is 0.614 bits per heavy atom. The van der Waals surface area contributed by atoms with Crippen molar-refractivity contribution in [1.82, 2.24) is 13.7 Å². The van der Waals surface area contributed by atoms with E-state index in [2.05, 4.69) is 215 Å². The third kappa shape index (κ3) is 5.37. The van der Waals surface area contributed by atoms with Crippen molar-refractivity contribution in [2.75, 3.05) is 25.0 Å². The van der Waals surface area contributed by atoms with Crippen molar-refractivity contribution in [2.45, 2.75) is 9.79 Å². The zero-order valence-corrected chi connectivity index (χ0v) is 34.0. The molecular formula is C52H41N3S2+2. The van der Waals surface area contributed by atoms with Crippen LogP contribution in [0, 0.1) is 0 Å². The van der Waals surface area contributed by atoms with Gasteiger partial charge < -0.3 is 13.7 Å². The second-order valence-electron chi connectivity index (χ2n) is 15.3. The molecule has 0 aliphatic heterocycles. The van der Waals surface area contributed by atoms with Gasteiger partial charge in [-0.2, -0.15) is 0 Å². The van der Waals surface area contributed by atoms with Crippen LogP contribution in [0.3, 0.4) is 0 Å². The minimum atomic E-state index is 0.140. The van der Waals surface area contributed by atoms with Gasteiger partial charge in [-0.25, -0.2) is 0 Å². The minimum Gasteiger partial charge on any atom is -0.309 e. The summed E-state index contributed by atoms with van der Waals surface area (Å²) < 4.78 is 7.25. The monoisotopic (exact) mass is 771 g/mol. The first-order valence-electron chi connectivity index (χ1n) is 19.4. The lowest BCUT2D eigenvalue weighted by Gasteiger charge is -2.12. The number of para-hydroxylation sites is 3. The van der Waals surface area contributed by atoms with Gasteiger partial charge in [-0.1, -0.05) is 66.7 Å².